The lowest BCUT2D eigenvalue weighted by Crippen LogP contribution is -2.23. The molecule has 0 saturated carbocycles. The van der Waals surface area contributed by atoms with Crippen LogP contribution in [-0.2, 0) is 17.9 Å². The van der Waals surface area contributed by atoms with Crippen molar-refractivity contribution in [3.05, 3.63) is 95.6 Å². The summed E-state index contributed by atoms with van der Waals surface area (Å²) in [7, 11) is 1.60. The predicted molar refractivity (Wildman–Crippen MR) is 146 cm³/mol. The van der Waals surface area contributed by atoms with Gasteiger partial charge in [0.1, 0.15) is 29.7 Å². The Hall–Kier alpha value is -2.58. The summed E-state index contributed by atoms with van der Waals surface area (Å²) in [4.78, 5) is 12.5. The number of hydrogen-bond donors (Lipinski definition) is 1. The fourth-order valence-corrected chi connectivity index (χ4v) is 5.22. The van der Waals surface area contributed by atoms with E-state index in [4.69, 9.17) is 9.47 Å². The number of nitrogens with one attached hydrogen (secondary N) is 1. The molecule has 3 rings (SSSR count). The zero-order valence-corrected chi connectivity index (χ0v) is 22.5. The fourth-order valence-electron chi connectivity index (χ4n) is 3.09. The molecule has 0 spiro atoms. The van der Waals surface area contributed by atoms with Crippen LogP contribution in [0.1, 0.15) is 22.3 Å². The van der Waals surface area contributed by atoms with Crippen LogP contribution >= 0.6 is 45.2 Å². The Morgan fingerprint density at radius 1 is 1.06 bits per heavy atom. The highest BCUT2D eigenvalue weighted by Crippen LogP contribution is 2.30. The van der Waals surface area contributed by atoms with Gasteiger partial charge in [0.25, 0.3) is 5.91 Å². The van der Waals surface area contributed by atoms with E-state index in [-0.39, 0.29) is 5.57 Å². The van der Waals surface area contributed by atoms with Gasteiger partial charge in [-0.3, -0.25) is 4.79 Å². The van der Waals surface area contributed by atoms with Crippen LogP contribution < -0.4 is 14.8 Å². The Balaban J connectivity index is 1.69. The first-order valence-corrected chi connectivity index (χ1v) is 12.3. The summed E-state index contributed by atoms with van der Waals surface area (Å²) < 4.78 is 13.0. The quantitative estimate of drug-likeness (QED) is 0.182. The Morgan fingerprint density at radius 3 is 2.36 bits per heavy atom. The lowest BCUT2D eigenvalue weighted by Gasteiger charge is -2.12. The van der Waals surface area contributed by atoms with Crippen LogP contribution in [0.15, 0.2) is 66.2 Å². The van der Waals surface area contributed by atoms with Gasteiger partial charge in [-0.15, -0.1) is 0 Å². The van der Waals surface area contributed by atoms with Crippen molar-refractivity contribution >= 4 is 57.2 Å². The number of rotatable bonds is 8. The molecule has 0 radical (unpaired) electrons. The second kappa shape index (κ2) is 12.0. The molecule has 0 aliphatic heterocycles. The lowest BCUT2D eigenvalue weighted by molar-refractivity contribution is -0.117. The summed E-state index contributed by atoms with van der Waals surface area (Å²) in [6.45, 7) is 2.85. The number of carbonyl (C=O) groups is 1. The predicted octanol–water partition coefficient (Wildman–Crippen LogP) is 6.02. The number of nitriles is 1. The number of amides is 1. The molecule has 0 atom stereocenters. The molecule has 0 heterocycles. The van der Waals surface area contributed by atoms with Crippen molar-refractivity contribution in [1.82, 2.24) is 5.32 Å². The highest BCUT2D eigenvalue weighted by molar-refractivity contribution is 14.1. The molecule has 0 saturated heterocycles. The molecule has 1 N–H and O–H groups in total. The molecule has 0 unspecified atom stereocenters. The summed E-state index contributed by atoms with van der Waals surface area (Å²) in [5, 5.41) is 12.3. The third-order valence-corrected chi connectivity index (χ3v) is 6.38. The highest BCUT2D eigenvalue weighted by atomic mass is 127. The van der Waals surface area contributed by atoms with E-state index in [0.29, 0.717) is 13.2 Å². The van der Waals surface area contributed by atoms with Crippen LogP contribution in [0, 0.1) is 25.4 Å². The normalized spacial score (nSPS) is 10.9. The second-order valence-corrected chi connectivity index (χ2v) is 9.62. The Kier molecular flexibility index (Phi) is 9.14. The van der Waals surface area contributed by atoms with Crippen molar-refractivity contribution < 1.29 is 14.3 Å². The summed E-state index contributed by atoms with van der Waals surface area (Å²) >= 11 is 4.43. The summed E-state index contributed by atoms with van der Waals surface area (Å²) in [6, 6.07) is 21.4. The van der Waals surface area contributed by atoms with Gasteiger partial charge in [-0.05, 0) is 99.1 Å². The van der Waals surface area contributed by atoms with Crippen molar-refractivity contribution in [3.8, 4) is 17.6 Å². The van der Waals surface area contributed by atoms with E-state index in [1.165, 1.54) is 5.56 Å². The van der Waals surface area contributed by atoms with E-state index in [9.17, 15) is 10.1 Å². The van der Waals surface area contributed by atoms with E-state index in [0.717, 1.165) is 35.3 Å². The molecule has 33 heavy (non-hydrogen) atoms. The lowest BCUT2D eigenvalue weighted by atomic mass is 10.1. The Bertz CT molecular complexity index is 1190. The summed E-state index contributed by atoms with van der Waals surface area (Å²) in [5.74, 6) is 1.12. The minimum absolute atomic E-state index is 0.0449. The smallest absolute Gasteiger partial charge is 0.262 e. The number of ether oxygens (including phenoxy) is 2. The van der Waals surface area contributed by atoms with Gasteiger partial charge in [-0.1, -0.05) is 42.0 Å². The molecular weight excluding hydrogens is 642 g/mol. The maximum absolute atomic E-state index is 12.5. The SMILES string of the molecule is COc1ccc(CNC(=O)/C(C#N)=C\c2cc(I)c(OCc3cccc(C)c3)c(I)c2)cc1. The number of hydrogen-bond acceptors (Lipinski definition) is 4. The summed E-state index contributed by atoms with van der Waals surface area (Å²) in [5.41, 5.74) is 4.02. The number of carbonyl (C=O) groups excluding carboxylic acids is 1. The fraction of sp³-hybridized carbons (Fsp3) is 0.154. The molecule has 3 aromatic rings. The van der Waals surface area contributed by atoms with Gasteiger partial charge < -0.3 is 14.8 Å². The van der Waals surface area contributed by atoms with Gasteiger partial charge >= 0.3 is 0 Å². The third kappa shape index (κ3) is 7.20. The first kappa shape index (κ1) is 25.1. The van der Waals surface area contributed by atoms with Crippen LogP contribution in [0.3, 0.4) is 0 Å². The van der Waals surface area contributed by atoms with E-state index in [2.05, 4.69) is 69.6 Å². The van der Waals surface area contributed by atoms with E-state index < -0.39 is 5.91 Å². The van der Waals surface area contributed by atoms with Crippen LogP contribution in [0.5, 0.6) is 11.5 Å². The zero-order chi connectivity index (χ0) is 23.8. The molecule has 0 fully saturated rings. The van der Waals surface area contributed by atoms with Gasteiger partial charge in [0, 0.05) is 6.54 Å². The van der Waals surface area contributed by atoms with Crippen molar-refractivity contribution in [2.45, 2.75) is 20.1 Å². The van der Waals surface area contributed by atoms with E-state index >= 15 is 0 Å². The highest BCUT2D eigenvalue weighted by Gasteiger charge is 2.12. The molecule has 0 aliphatic carbocycles. The van der Waals surface area contributed by atoms with E-state index in [1.807, 2.05) is 54.6 Å². The van der Waals surface area contributed by atoms with Gasteiger partial charge in [-0.2, -0.15) is 5.26 Å². The summed E-state index contributed by atoms with van der Waals surface area (Å²) in [6.07, 6.45) is 1.60. The number of aryl methyl sites for hydroxylation is 1. The largest absolute Gasteiger partial charge is 0.497 e. The number of halogens is 2. The molecule has 168 valence electrons. The van der Waals surface area contributed by atoms with Crippen LogP contribution in [0.25, 0.3) is 6.08 Å². The standard InChI is InChI=1S/C26H22I2N2O3/c1-17-4-3-5-19(10-17)16-33-25-23(27)12-20(13-24(25)28)11-21(14-29)26(31)30-15-18-6-8-22(32-2)9-7-18/h3-13H,15-16H2,1-2H3,(H,30,31)/b21-11-. The maximum atomic E-state index is 12.5. The molecule has 1 amide bonds. The third-order valence-electron chi connectivity index (χ3n) is 4.77. The van der Waals surface area contributed by atoms with Crippen LogP contribution in [0.2, 0.25) is 0 Å². The van der Waals surface area contributed by atoms with Crippen molar-refractivity contribution in [3.63, 3.8) is 0 Å². The molecule has 5 nitrogen and oxygen atoms in total. The van der Waals surface area contributed by atoms with Gasteiger partial charge in [0.05, 0.1) is 14.3 Å². The van der Waals surface area contributed by atoms with Crippen LogP contribution in [0.4, 0.5) is 0 Å². The Labute approximate surface area is 221 Å². The van der Waals surface area contributed by atoms with Crippen molar-refractivity contribution in [1.29, 1.82) is 5.26 Å². The van der Waals surface area contributed by atoms with Gasteiger partial charge in [-0.25, -0.2) is 0 Å². The molecule has 0 aromatic heterocycles. The number of methoxy groups -OCH3 is 1. The first-order valence-electron chi connectivity index (χ1n) is 10.1. The first-order chi connectivity index (χ1) is 15.9. The minimum atomic E-state index is -0.418. The van der Waals surface area contributed by atoms with Crippen LogP contribution in [-0.4, -0.2) is 13.0 Å². The van der Waals surface area contributed by atoms with Gasteiger partial charge in [0.15, 0.2) is 0 Å². The molecular formula is C26H22I2N2O3. The molecule has 0 bridgehead atoms. The maximum Gasteiger partial charge on any atom is 0.262 e. The Morgan fingerprint density at radius 2 is 1.76 bits per heavy atom. The molecule has 3 aromatic carbocycles. The van der Waals surface area contributed by atoms with Gasteiger partial charge in [0.2, 0.25) is 0 Å². The monoisotopic (exact) mass is 664 g/mol. The van der Waals surface area contributed by atoms with E-state index in [1.54, 1.807) is 13.2 Å². The minimum Gasteiger partial charge on any atom is -0.497 e. The average molecular weight is 664 g/mol. The topological polar surface area (TPSA) is 71.3 Å². The molecule has 0 aliphatic rings. The number of benzene rings is 3. The molecule has 7 heteroatoms. The average Bonchev–Trinajstić information content (AvgIpc) is 2.81. The van der Waals surface area contributed by atoms with Crippen molar-refractivity contribution in [2.75, 3.05) is 7.11 Å². The zero-order valence-electron chi connectivity index (χ0n) is 18.2. The van der Waals surface area contributed by atoms with Crippen molar-refractivity contribution in [2.24, 2.45) is 0 Å². The second-order valence-electron chi connectivity index (χ2n) is 7.29. The number of nitrogens with zero attached hydrogens (tertiary/aromatic N) is 1.